The van der Waals surface area contributed by atoms with Gasteiger partial charge in [0.05, 0.1) is 18.8 Å². The Labute approximate surface area is 135 Å². The molecule has 2 amide bonds. The number of rotatable bonds is 9. The first kappa shape index (κ1) is 21.6. The minimum atomic E-state index is -1.70. The lowest BCUT2D eigenvalue weighted by molar-refractivity contribution is -0.136. The molecule has 0 saturated carbocycles. The van der Waals surface area contributed by atoms with Crippen molar-refractivity contribution in [2.24, 2.45) is 0 Å². The largest absolute Gasteiger partial charge is 0.444 e. The number of hydrogen-bond acceptors (Lipinski definition) is 7. The minimum absolute atomic E-state index is 0.182. The number of ether oxygens (including phenoxy) is 1. The molecule has 0 aliphatic heterocycles. The van der Waals surface area contributed by atoms with Gasteiger partial charge in [-0.25, -0.2) is 4.79 Å². The molecule has 0 aliphatic carbocycles. The molecule has 0 heterocycles. The number of aliphatic hydroxyl groups is 4. The van der Waals surface area contributed by atoms with Gasteiger partial charge in [-0.05, 0) is 27.2 Å². The van der Waals surface area contributed by atoms with Crippen molar-refractivity contribution in [2.75, 3.05) is 19.7 Å². The van der Waals surface area contributed by atoms with E-state index in [2.05, 4.69) is 10.6 Å². The van der Waals surface area contributed by atoms with Crippen molar-refractivity contribution >= 4 is 12.0 Å². The fourth-order valence-corrected chi connectivity index (χ4v) is 1.57. The smallest absolute Gasteiger partial charge is 0.407 e. The van der Waals surface area contributed by atoms with Crippen LogP contribution in [0.4, 0.5) is 4.79 Å². The molecule has 9 nitrogen and oxygen atoms in total. The maximum absolute atomic E-state index is 11.6. The van der Waals surface area contributed by atoms with E-state index in [4.69, 9.17) is 14.9 Å². The predicted octanol–water partition coefficient (Wildman–Crippen LogP) is -1.52. The molecule has 0 bridgehead atoms. The molecular weight excluding hydrogens is 308 g/mol. The molecule has 0 aromatic carbocycles. The zero-order valence-electron chi connectivity index (χ0n) is 13.8. The number of amides is 2. The van der Waals surface area contributed by atoms with Crippen molar-refractivity contribution in [2.45, 2.75) is 57.5 Å². The monoisotopic (exact) mass is 336 g/mol. The summed E-state index contributed by atoms with van der Waals surface area (Å²) in [6, 6.07) is 0. The van der Waals surface area contributed by atoms with Gasteiger partial charge in [0, 0.05) is 19.5 Å². The van der Waals surface area contributed by atoms with Crippen LogP contribution < -0.4 is 10.6 Å². The highest BCUT2D eigenvalue weighted by molar-refractivity contribution is 5.81. The fourth-order valence-electron chi connectivity index (χ4n) is 1.57. The van der Waals surface area contributed by atoms with Crippen LogP contribution in [0.2, 0.25) is 0 Å². The van der Waals surface area contributed by atoms with Crippen LogP contribution in [0.3, 0.4) is 0 Å². The van der Waals surface area contributed by atoms with Gasteiger partial charge in [0.25, 0.3) is 5.91 Å². The first-order valence-corrected chi connectivity index (χ1v) is 7.46. The van der Waals surface area contributed by atoms with Crippen LogP contribution in [0.15, 0.2) is 0 Å². The molecule has 23 heavy (non-hydrogen) atoms. The molecule has 6 N–H and O–H groups in total. The number of nitrogens with one attached hydrogen (secondary N) is 2. The van der Waals surface area contributed by atoms with Crippen molar-refractivity contribution in [1.82, 2.24) is 10.6 Å². The Kier molecular flexibility index (Phi) is 9.73. The normalized spacial score (nSPS) is 15.4. The third kappa shape index (κ3) is 10.9. The number of aliphatic hydroxyl groups excluding tert-OH is 4. The van der Waals surface area contributed by atoms with Gasteiger partial charge in [0.1, 0.15) is 5.60 Å². The molecule has 0 radical (unpaired) electrons. The molecule has 0 fully saturated rings. The molecule has 0 aromatic heterocycles. The topological polar surface area (TPSA) is 148 Å². The van der Waals surface area contributed by atoms with Crippen LogP contribution in [0.1, 0.15) is 33.6 Å². The number of carbonyl (C=O) groups excluding carboxylic acids is 2. The Morgan fingerprint density at radius 1 is 1.09 bits per heavy atom. The van der Waals surface area contributed by atoms with E-state index in [9.17, 15) is 19.8 Å². The van der Waals surface area contributed by atoms with Gasteiger partial charge in [-0.15, -0.1) is 0 Å². The van der Waals surface area contributed by atoms with E-state index in [1.807, 2.05) is 0 Å². The lowest BCUT2D eigenvalue weighted by Crippen LogP contribution is -2.44. The second-order valence-corrected chi connectivity index (χ2v) is 6.16. The maximum Gasteiger partial charge on any atom is 0.407 e. The Morgan fingerprint density at radius 2 is 1.65 bits per heavy atom. The summed E-state index contributed by atoms with van der Waals surface area (Å²) in [7, 11) is 0. The maximum atomic E-state index is 11.6. The highest BCUT2D eigenvalue weighted by atomic mass is 16.6. The van der Waals surface area contributed by atoms with Gasteiger partial charge in [0.2, 0.25) is 0 Å². The van der Waals surface area contributed by atoms with Crippen LogP contribution in [0, 0.1) is 0 Å². The summed E-state index contributed by atoms with van der Waals surface area (Å²) in [5.41, 5.74) is -0.586. The summed E-state index contributed by atoms with van der Waals surface area (Å²) in [6.07, 6.45) is -4.84. The number of carbonyl (C=O) groups is 2. The Balaban J connectivity index is 3.87. The molecule has 0 spiro atoms. The summed E-state index contributed by atoms with van der Waals surface area (Å²) >= 11 is 0. The summed E-state index contributed by atoms with van der Waals surface area (Å²) in [5, 5.41) is 41.7. The van der Waals surface area contributed by atoms with E-state index in [0.717, 1.165) is 0 Å². The third-order valence-corrected chi connectivity index (χ3v) is 2.68. The molecule has 3 atom stereocenters. The molecule has 0 aliphatic rings. The van der Waals surface area contributed by atoms with Crippen molar-refractivity contribution < 1.29 is 34.8 Å². The lowest BCUT2D eigenvalue weighted by atomic mass is 10.1. The second kappa shape index (κ2) is 10.4. The number of alkyl carbamates (subject to hydrolysis) is 1. The van der Waals surface area contributed by atoms with E-state index in [-0.39, 0.29) is 19.5 Å². The van der Waals surface area contributed by atoms with Crippen LogP contribution >= 0.6 is 0 Å². The highest BCUT2D eigenvalue weighted by Gasteiger charge is 2.25. The Hall–Kier alpha value is -1.42. The van der Waals surface area contributed by atoms with Gasteiger partial charge in [-0.1, -0.05) is 0 Å². The van der Waals surface area contributed by atoms with Crippen molar-refractivity contribution in [1.29, 1.82) is 0 Å². The van der Waals surface area contributed by atoms with Crippen molar-refractivity contribution in [3.63, 3.8) is 0 Å². The second-order valence-electron chi connectivity index (χ2n) is 6.16. The van der Waals surface area contributed by atoms with Crippen LogP contribution in [0.5, 0.6) is 0 Å². The average Bonchev–Trinajstić information content (AvgIpc) is 2.43. The molecule has 0 saturated heterocycles. The zero-order valence-corrected chi connectivity index (χ0v) is 13.8. The standard InChI is InChI=1S/C14H28N2O7/c1-14(2,3)23-13(22)16-6-4-5-15-12(21)11(20)10(19)7-9(18)8-17/h9-11,17-20H,4-8H2,1-3H3,(H,15,21)(H,16,22)/t9-,10-,11+/m0/s1. The third-order valence-electron chi connectivity index (χ3n) is 2.68. The molecule has 9 heteroatoms. The first-order valence-electron chi connectivity index (χ1n) is 7.46. The van der Waals surface area contributed by atoms with Crippen LogP contribution in [-0.4, -0.2) is 76.0 Å². The van der Waals surface area contributed by atoms with Crippen molar-refractivity contribution in [3.8, 4) is 0 Å². The average molecular weight is 336 g/mol. The predicted molar refractivity (Wildman–Crippen MR) is 81.6 cm³/mol. The SMILES string of the molecule is CC(C)(C)OC(=O)NCCCNC(=O)[C@H](O)[C@@H](O)C[C@H](O)CO. The molecule has 0 unspecified atom stereocenters. The first-order chi connectivity index (χ1) is 10.6. The quantitative estimate of drug-likeness (QED) is 0.280. The lowest BCUT2D eigenvalue weighted by Gasteiger charge is -2.20. The summed E-state index contributed by atoms with van der Waals surface area (Å²) in [4.78, 5) is 22.9. The summed E-state index contributed by atoms with van der Waals surface area (Å²) in [6.45, 7) is 5.12. The molecule has 136 valence electrons. The van der Waals surface area contributed by atoms with Gasteiger partial charge in [-0.3, -0.25) is 4.79 Å². The van der Waals surface area contributed by atoms with E-state index in [0.29, 0.717) is 6.42 Å². The van der Waals surface area contributed by atoms with E-state index in [1.54, 1.807) is 20.8 Å². The van der Waals surface area contributed by atoms with Gasteiger partial charge in [0.15, 0.2) is 6.10 Å². The fraction of sp³-hybridized carbons (Fsp3) is 0.857. The van der Waals surface area contributed by atoms with E-state index >= 15 is 0 Å². The van der Waals surface area contributed by atoms with Crippen molar-refractivity contribution in [3.05, 3.63) is 0 Å². The van der Waals surface area contributed by atoms with Gasteiger partial charge < -0.3 is 35.8 Å². The Morgan fingerprint density at radius 3 is 2.17 bits per heavy atom. The number of hydrogen-bond donors (Lipinski definition) is 6. The van der Waals surface area contributed by atoms with Gasteiger partial charge in [-0.2, -0.15) is 0 Å². The molecule has 0 aromatic rings. The van der Waals surface area contributed by atoms with Gasteiger partial charge >= 0.3 is 6.09 Å². The minimum Gasteiger partial charge on any atom is -0.444 e. The molecular formula is C14H28N2O7. The zero-order chi connectivity index (χ0) is 18.0. The van der Waals surface area contributed by atoms with Crippen LogP contribution in [-0.2, 0) is 9.53 Å². The summed E-state index contributed by atoms with van der Waals surface area (Å²) < 4.78 is 5.03. The van der Waals surface area contributed by atoms with Crippen LogP contribution in [0.25, 0.3) is 0 Å². The Bertz CT molecular complexity index is 371. The molecule has 0 rings (SSSR count). The summed E-state index contributed by atoms with van der Waals surface area (Å²) in [5.74, 6) is -0.792. The van der Waals surface area contributed by atoms with E-state index < -0.39 is 42.5 Å². The highest BCUT2D eigenvalue weighted by Crippen LogP contribution is 2.06. The van der Waals surface area contributed by atoms with E-state index in [1.165, 1.54) is 0 Å².